The van der Waals surface area contributed by atoms with Crippen LogP contribution in [-0.2, 0) is 0 Å². The summed E-state index contributed by atoms with van der Waals surface area (Å²) >= 11 is 11.2. The van der Waals surface area contributed by atoms with Gasteiger partial charge in [0.15, 0.2) is 0 Å². The lowest BCUT2D eigenvalue weighted by Crippen LogP contribution is -2.21. The van der Waals surface area contributed by atoms with Gasteiger partial charge in [0, 0.05) is 0 Å². The van der Waals surface area contributed by atoms with Gasteiger partial charge in [0.1, 0.15) is 5.82 Å². The van der Waals surface area contributed by atoms with Crippen molar-refractivity contribution in [2.75, 3.05) is 0 Å². The molecule has 7 heteroatoms. The van der Waals surface area contributed by atoms with Crippen molar-refractivity contribution >= 4 is 35.4 Å². The minimum atomic E-state index is -0.629. The molecule has 4 nitrogen and oxygen atoms in total. The molecule has 1 aromatic rings. The molecule has 80 valence electrons. The maximum Gasteiger partial charge on any atom is 0.211 e. The average molecular weight is 249 g/mol. The minimum absolute atomic E-state index is 0.0998. The van der Waals surface area contributed by atoms with Crippen molar-refractivity contribution in [3.63, 3.8) is 0 Å². The summed E-state index contributed by atoms with van der Waals surface area (Å²) in [5.74, 6) is -0.818. The SMILES string of the molecule is NC(N)=NN=Cc1cc(F)c(Cl)c(Cl)c1. The Hall–Kier alpha value is -1.33. The van der Waals surface area contributed by atoms with Crippen LogP contribution < -0.4 is 11.5 Å². The van der Waals surface area contributed by atoms with Crippen molar-refractivity contribution in [2.45, 2.75) is 0 Å². The second kappa shape index (κ2) is 4.95. The van der Waals surface area contributed by atoms with Gasteiger partial charge in [-0.3, -0.25) is 0 Å². The zero-order valence-electron chi connectivity index (χ0n) is 7.42. The summed E-state index contributed by atoms with van der Waals surface area (Å²) in [6.07, 6.45) is 1.25. The number of benzene rings is 1. The molecule has 0 spiro atoms. The topological polar surface area (TPSA) is 76.8 Å². The van der Waals surface area contributed by atoms with E-state index >= 15 is 0 Å². The second-order valence-corrected chi connectivity index (χ2v) is 3.35. The highest BCUT2D eigenvalue weighted by Crippen LogP contribution is 2.25. The molecule has 0 heterocycles. The highest BCUT2D eigenvalue weighted by Gasteiger charge is 2.05. The fourth-order valence-electron chi connectivity index (χ4n) is 0.812. The molecule has 0 radical (unpaired) electrons. The van der Waals surface area contributed by atoms with E-state index in [1.165, 1.54) is 18.3 Å². The molecular formula is C8H7Cl2FN4. The van der Waals surface area contributed by atoms with Gasteiger partial charge < -0.3 is 11.5 Å². The zero-order valence-corrected chi connectivity index (χ0v) is 8.93. The van der Waals surface area contributed by atoms with Gasteiger partial charge in [0.2, 0.25) is 5.96 Å². The van der Waals surface area contributed by atoms with Crippen LogP contribution in [0.2, 0.25) is 10.0 Å². The first kappa shape index (κ1) is 11.7. The molecule has 0 aliphatic carbocycles. The lowest BCUT2D eigenvalue weighted by molar-refractivity contribution is 0.628. The van der Waals surface area contributed by atoms with Gasteiger partial charge in [-0.1, -0.05) is 23.2 Å². The van der Waals surface area contributed by atoms with E-state index in [1.807, 2.05) is 0 Å². The Kier molecular flexibility index (Phi) is 3.88. The first-order chi connectivity index (χ1) is 7.00. The summed E-state index contributed by atoms with van der Waals surface area (Å²) in [5.41, 5.74) is 10.5. The van der Waals surface area contributed by atoms with Gasteiger partial charge in [0.05, 0.1) is 16.3 Å². The molecule has 1 rings (SSSR count). The Morgan fingerprint density at radius 2 is 2.00 bits per heavy atom. The number of rotatable bonds is 2. The lowest BCUT2D eigenvalue weighted by atomic mass is 10.2. The van der Waals surface area contributed by atoms with E-state index in [-0.39, 0.29) is 16.0 Å². The maximum atomic E-state index is 13.1. The molecule has 0 amide bonds. The van der Waals surface area contributed by atoms with E-state index in [4.69, 9.17) is 34.7 Å². The standard InChI is InChI=1S/C8H7Cl2FN4/c9-5-1-4(2-6(11)7(5)10)3-14-15-8(12)13/h1-3H,(H4,12,13,15). The maximum absolute atomic E-state index is 13.1. The fraction of sp³-hybridized carbons (Fsp3) is 0. The Morgan fingerprint density at radius 1 is 1.33 bits per heavy atom. The molecule has 4 N–H and O–H groups in total. The molecule has 0 unspecified atom stereocenters. The second-order valence-electron chi connectivity index (χ2n) is 2.57. The van der Waals surface area contributed by atoms with Gasteiger partial charge in [-0.05, 0) is 17.7 Å². The van der Waals surface area contributed by atoms with E-state index in [9.17, 15) is 4.39 Å². The number of nitrogens with zero attached hydrogens (tertiary/aromatic N) is 2. The predicted octanol–water partition coefficient (Wildman–Crippen LogP) is 1.74. The summed E-state index contributed by atoms with van der Waals surface area (Å²) in [6.45, 7) is 0. The van der Waals surface area contributed by atoms with E-state index in [0.717, 1.165) is 0 Å². The Morgan fingerprint density at radius 3 is 2.53 bits per heavy atom. The Labute approximate surface area is 95.4 Å². The third-order valence-electron chi connectivity index (χ3n) is 1.39. The van der Waals surface area contributed by atoms with Crippen LogP contribution in [0.4, 0.5) is 4.39 Å². The van der Waals surface area contributed by atoms with E-state index in [2.05, 4.69) is 10.2 Å². The van der Waals surface area contributed by atoms with Crippen LogP contribution in [0.5, 0.6) is 0 Å². The Balaban J connectivity index is 2.98. The van der Waals surface area contributed by atoms with Gasteiger partial charge in [-0.15, -0.1) is 5.10 Å². The van der Waals surface area contributed by atoms with Crippen molar-refractivity contribution in [2.24, 2.45) is 21.7 Å². The van der Waals surface area contributed by atoms with Crippen molar-refractivity contribution in [1.29, 1.82) is 0 Å². The minimum Gasteiger partial charge on any atom is -0.369 e. The quantitative estimate of drug-likeness (QED) is 0.362. The number of hydrogen-bond acceptors (Lipinski definition) is 2. The molecule has 0 bridgehead atoms. The fourth-order valence-corrected chi connectivity index (χ4v) is 1.14. The molecule has 0 fully saturated rings. The molecule has 0 saturated heterocycles. The molecule has 0 saturated carbocycles. The number of halogens is 3. The highest BCUT2D eigenvalue weighted by molar-refractivity contribution is 6.42. The van der Waals surface area contributed by atoms with Crippen molar-refractivity contribution < 1.29 is 4.39 Å². The predicted molar refractivity (Wildman–Crippen MR) is 59.8 cm³/mol. The molecule has 1 aromatic carbocycles. The molecule has 0 aliphatic rings. The van der Waals surface area contributed by atoms with Crippen LogP contribution in [0.15, 0.2) is 22.3 Å². The monoisotopic (exact) mass is 248 g/mol. The third kappa shape index (κ3) is 3.38. The number of hydrogen-bond donors (Lipinski definition) is 2. The van der Waals surface area contributed by atoms with Crippen LogP contribution in [-0.4, -0.2) is 12.2 Å². The molecule has 0 atom stereocenters. The average Bonchev–Trinajstić information content (AvgIpc) is 2.13. The van der Waals surface area contributed by atoms with Crippen LogP contribution in [0.25, 0.3) is 0 Å². The lowest BCUT2D eigenvalue weighted by Gasteiger charge is -1.98. The van der Waals surface area contributed by atoms with Gasteiger partial charge in [-0.25, -0.2) is 4.39 Å². The smallest absolute Gasteiger partial charge is 0.211 e. The number of nitrogens with two attached hydrogens (primary N) is 2. The summed E-state index contributed by atoms with van der Waals surface area (Å²) in [5, 5.41) is 6.81. The summed E-state index contributed by atoms with van der Waals surface area (Å²) in [7, 11) is 0. The van der Waals surface area contributed by atoms with E-state index < -0.39 is 5.82 Å². The molecule has 15 heavy (non-hydrogen) atoms. The molecular weight excluding hydrogens is 242 g/mol. The first-order valence-electron chi connectivity index (χ1n) is 3.77. The normalized spacial score (nSPS) is 10.6. The highest BCUT2D eigenvalue weighted by atomic mass is 35.5. The molecule has 0 aromatic heterocycles. The van der Waals surface area contributed by atoms with Crippen molar-refractivity contribution in [3.05, 3.63) is 33.6 Å². The van der Waals surface area contributed by atoms with Crippen molar-refractivity contribution in [3.8, 4) is 0 Å². The third-order valence-corrected chi connectivity index (χ3v) is 2.17. The summed E-state index contributed by atoms with van der Waals surface area (Å²) in [6, 6.07) is 2.61. The first-order valence-corrected chi connectivity index (χ1v) is 4.53. The van der Waals surface area contributed by atoms with Gasteiger partial charge in [-0.2, -0.15) is 5.10 Å². The Bertz CT molecular complexity index is 404. The summed E-state index contributed by atoms with van der Waals surface area (Å²) in [4.78, 5) is 0. The number of guanidine groups is 1. The van der Waals surface area contributed by atoms with Crippen LogP contribution in [0.3, 0.4) is 0 Å². The van der Waals surface area contributed by atoms with E-state index in [1.54, 1.807) is 0 Å². The van der Waals surface area contributed by atoms with Crippen LogP contribution >= 0.6 is 23.2 Å². The largest absolute Gasteiger partial charge is 0.369 e. The van der Waals surface area contributed by atoms with Gasteiger partial charge in [0.25, 0.3) is 0 Å². The van der Waals surface area contributed by atoms with Crippen LogP contribution in [0, 0.1) is 5.82 Å². The summed E-state index contributed by atoms with van der Waals surface area (Å²) < 4.78 is 13.1. The van der Waals surface area contributed by atoms with Crippen molar-refractivity contribution in [1.82, 2.24) is 0 Å². The van der Waals surface area contributed by atoms with Gasteiger partial charge >= 0.3 is 0 Å². The van der Waals surface area contributed by atoms with Crippen LogP contribution in [0.1, 0.15) is 5.56 Å². The van der Waals surface area contributed by atoms with E-state index in [0.29, 0.717) is 5.56 Å². The molecule has 0 aliphatic heterocycles. The zero-order chi connectivity index (χ0) is 11.4.